The standard InChI is InChI=1S/C13H7F4N3S/c14-9-2-1-6(13(15,16)17)5-8(9)11-19-10(18)7-3-4-21-12(7)20-11/h1-5H,(H2,18,19,20). The average molecular weight is 313 g/mol. The first-order chi connectivity index (χ1) is 9.86. The summed E-state index contributed by atoms with van der Waals surface area (Å²) in [4.78, 5) is 8.46. The SMILES string of the molecule is Nc1nc(-c2cc(C(F)(F)F)ccc2F)nc2sccc12. The molecule has 0 aliphatic carbocycles. The Labute approximate surface area is 120 Å². The molecule has 2 heterocycles. The van der Waals surface area contributed by atoms with Gasteiger partial charge in [0, 0.05) is 0 Å². The van der Waals surface area contributed by atoms with Crippen LogP contribution < -0.4 is 5.73 Å². The number of hydrogen-bond donors (Lipinski definition) is 1. The molecular weight excluding hydrogens is 306 g/mol. The van der Waals surface area contributed by atoms with Crippen molar-refractivity contribution in [2.45, 2.75) is 6.18 Å². The van der Waals surface area contributed by atoms with E-state index in [2.05, 4.69) is 9.97 Å². The largest absolute Gasteiger partial charge is 0.416 e. The molecule has 0 aliphatic heterocycles. The molecule has 0 atom stereocenters. The van der Waals surface area contributed by atoms with Crippen molar-refractivity contribution in [2.75, 3.05) is 5.73 Å². The summed E-state index contributed by atoms with van der Waals surface area (Å²) in [6, 6.07) is 3.80. The molecule has 0 aliphatic rings. The predicted molar refractivity (Wildman–Crippen MR) is 72.2 cm³/mol. The van der Waals surface area contributed by atoms with Crippen LogP contribution in [0.15, 0.2) is 29.6 Å². The third-order valence-electron chi connectivity index (χ3n) is 2.89. The molecule has 0 spiro atoms. The molecule has 3 aromatic rings. The number of anilines is 1. The number of rotatable bonds is 1. The van der Waals surface area contributed by atoms with Crippen LogP contribution in [0.4, 0.5) is 23.4 Å². The highest BCUT2D eigenvalue weighted by Crippen LogP contribution is 2.34. The highest BCUT2D eigenvalue weighted by atomic mass is 32.1. The Balaban J connectivity index is 2.22. The van der Waals surface area contributed by atoms with E-state index in [4.69, 9.17) is 5.73 Å². The minimum absolute atomic E-state index is 0.105. The van der Waals surface area contributed by atoms with E-state index in [1.807, 2.05) is 0 Å². The molecule has 0 fully saturated rings. The number of benzene rings is 1. The molecule has 0 unspecified atom stereocenters. The molecule has 8 heteroatoms. The van der Waals surface area contributed by atoms with Crippen LogP contribution in [0.3, 0.4) is 0 Å². The van der Waals surface area contributed by atoms with Crippen LogP contribution in [0.5, 0.6) is 0 Å². The molecule has 3 nitrogen and oxygen atoms in total. The van der Waals surface area contributed by atoms with Crippen molar-refractivity contribution in [3.05, 3.63) is 41.0 Å². The zero-order valence-electron chi connectivity index (χ0n) is 10.3. The molecule has 108 valence electrons. The lowest BCUT2D eigenvalue weighted by Crippen LogP contribution is -2.06. The zero-order valence-corrected chi connectivity index (χ0v) is 11.1. The van der Waals surface area contributed by atoms with E-state index < -0.39 is 17.6 Å². The van der Waals surface area contributed by atoms with Gasteiger partial charge >= 0.3 is 6.18 Å². The number of thiophene rings is 1. The van der Waals surface area contributed by atoms with Gasteiger partial charge in [-0.15, -0.1) is 11.3 Å². The van der Waals surface area contributed by atoms with Gasteiger partial charge in [-0.1, -0.05) is 0 Å². The van der Waals surface area contributed by atoms with Gasteiger partial charge in [0.05, 0.1) is 16.5 Å². The van der Waals surface area contributed by atoms with Crippen molar-refractivity contribution in [3.8, 4) is 11.4 Å². The summed E-state index contributed by atoms with van der Waals surface area (Å²) in [5, 5.41) is 2.32. The normalized spacial score (nSPS) is 12.0. The van der Waals surface area contributed by atoms with Crippen molar-refractivity contribution in [3.63, 3.8) is 0 Å². The lowest BCUT2D eigenvalue weighted by molar-refractivity contribution is -0.137. The monoisotopic (exact) mass is 313 g/mol. The number of nitrogen functional groups attached to an aromatic ring is 1. The molecule has 2 N–H and O–H groups in total. The van der Waals surface area contributed by atoms with E-state index in [-0.39, 0.29) is 17.2 Å². The van der Waals surface area contributed by atoms with Crippen LogP contribution in [0.1, 0.15) is 5.56 Å². The van der Waals surface area contributed by atoms with Gasteiger partial charge in [0.25, 0.3) is 0 Å². The fourth-order valence-corrected chi connectivity index (χ4v) is 2.64. The van der Waals surface area contributed by atoms with Crippen LogP contribution in [-0.2, 0) is 6.18 Å². The molecule has 21 heavy (non-hydrogen) atoms. The zero-order chi connectivity index (χ0) is 15.2. The lowest BCUT2D eigenvalue weighted by Gasteiger charge is -2.09. The quantitative estimate of drug-likeness (QED) is 0.688. The molecule has 0 saturated carbocycles. The summed E-state index contributed by atoms with van der Waals surface area (Å²) in [5.41, 5.74) is 4.43. The smallest absolute Gasteiger partial charge is 0.383 e. The first-order valence-corrected chi connectivity index (χ1v) is 6.62. The Morgan fingerprint density at radius 3 is 2.57 bits per heavy atom. The minimum atomic E-state index is -4.57. The first kappa shape index (κ1) is 13.7. The van der Waals surface area contributed by atoms with Crippen molar-refractivity contribution in [2.24, 2.45) is 0 Å². The van der Waals surface area contributed by atoms with Crippen LogP contribution in [0.2, 0.25) is 0 Å². The molecule has 3 rings (SSSR count). The van der Waals surface area contributed by atoms with Crippen molar-refractivity contribution >= 4 is 27.4 Å². The lowest BCUT2D eigenvalue weighted by atomic mass is 10.1. The number of fused-ring (bicyclic) bond motifs is 1. The van der Waals surface area contributed by atoms with E-state index in [1.165, 1.54) is 11.3 Å². The molecule has 0 amide bonds. The molecule has 0 radical (unpaired) electrons. The Morgan fingerprint density at radius 1 is 1.10 bits per heavy atom. The van der Waals surface area contributed by atoms with Crippen molar-refractivity contribution in [1.29, 1.82) is 0 Å². The number of halogens is 4. The summed E-state index contributed by atoms with van der Waals surface area (Å²) in [5.74, 6) is -0.891. The third-order valence-corrected chi connectivity index (χ3v) is 3.70. The summed E-state index contributed by atoms with van der Waals surface area (Å²) in [7, 11) is 0. The van der Waals surface area contributed by atoms with Gasteiger partial charge in [0.1, 0.15) is 16.5 Å². The maximum Gasteiger partial charge on any atom is 0.416 e. The molecular formula is C13H7F4N3S. The second-order valence-electron chi connectivity index (χ2n) is 4.26. The Morgan fingerprint density at radius 2 is 1.86 bits per heavy atom. The van der Waals surface area contributed by atoms with Crippen molar-refractivity contribution in [1.82, 2.24) is 9.97 Å². The van der Waals surface area contributed by atoms with Crippen LogP contribution >= 0.6 is 11.3 Å². The summed E-state index contributed by atoms with van der Waals surface area (Å²) in [6.45, 7) is 0. The summed E-state index contributed by atoms with van der Waals surface area (Å²) < 4.78 is 52.0. The number of nitrogens with two attached hydrogens (primary N) is 1. The van der Waals surface area contributed by atoms with Gasteiger partial charge in [0.15, 0.2) is 5.82 Å². The third kappa shape index (κ3) is 2.42. The van der Waals surface area contributed by atoms with Gasteiger partial charge in [-0.25, -0.2) is 14.4 Å². The Hall–Kier alpha value is -2.22. The van der Waals surface area contributed by atoms with Gasteiger partial charge in [0.2, 0.25) is 0 Å². The summed E-state index contributed by atoms with van der Waals surface area (Å²) >= 11 is 1.25. The van der Waals surface area contributed by atoms with E-state index >= 15 is 0 Å². The average Bonchev–Trinajstić information content (AvgIpc) is 2.86. The predicted octanol–water partition coefficient (Wildman–Crippen LogP) is 4.10. The van der Waals surface area contributed by atoms with Gasteiger partial charge in [-0.2, -0.15) is 13.2 Å². The maximum absolute atomic E-state index is 13.8. The second-order valence-corrected chi connectivity index (χ2v) is 5.16. The fourth-order valence-electron chi connectivity index (χ4n) is 1.87. The van der Waals surface area contributed by atoms with Crippen LogP contribution in [0, 0.1) is 5.82 Å². The van der Waals surface area contributed by atoms with E-state index in [0.717, 1.165) is 6.07 Å². The van der Waals surface area contributed by atoms with Gasteiger partial charge in [-0.3, -0.25) is 0 Å². The molecule has 1 aromatic carbocycles. The molecule has 2 aromatic heterocycles. The Bertz CT molecular complexity index is 826. The van der Waals surface area contributed by atoms with E-state index in [1.54, 1.807) is 11.4 Å². The van der Waals surface area contributed by atoms with Gasteiger partial charge < -0.3 is 5.73 Å². The highest BCUT2D eigenvalue weighted by Gasteiger charge is 2.31. The molecule has 0 bridgehead atoms. The van der Waals surface area contributed by atoms with Crippen LogP contribution in [-0.4, -0.2) is 9.97 Å². The first-order valence-electron chi connectivity index (χ1n) is 5.74. The fraction of sp³-hybridized carbons (Fsp3) is 0.0769. The maximum atomic E-state index is 13.8. The van der Waals surface area contributed by atoms with Crippen LogP contribution in [0.25, 0.3) is 21.6 Å². The second kappa shape index (κ2) is 4.66. The highest BCUT2D eigenvalue weighted by molar-refractivity contribution is 7.16. The van der Waals surface area contributed by atoms with Crippen molar-refractivity contribution < 1.29 is 17.6 Å². The summed E-state index contributed by atoms with van der Waals surface area (Å²) in [6.07, 6.45) is -4.57. The topological polar surface area (TPSA) is 51.8 Å². The number of aromatic nitrogens is 2. The van der Waals surface area contributed by atoms with E-state index in [0.29, 0.717) is 22.3 Å². The number of nitrogens with zero attached hydrogens (tertiary/aromatic N) is 2. The molecule has 0 saturated heterocycles. The minimum Gasteiger partial charge on any atom is -0.383 e. The van der Waals surface area contributed by atoms with E-state index in [9.17, 15) is 17.6 Å². The number of alkyl halides is 3. The van der Waals surface area contributed by atoms with Gasteiger partial charge in [-0.05, 0) is 29.6 Å². The number of hydrogen-bond acceptors (Lipinski definition) is 4. The Kier molecular flexibility index (Phi) is 3.05.